The lowest BCUT2D eigenvalue weighted by molar-refractivity contribution is 0.183. The van der Waals surface area contributed by atoms with E-state index in [0.717, 1.165) is 18.0 Å². The topological polar surface area (TPSA) is 35.3 Å². The Kier molecular flexibility index (Phi) is 3.30. The van der Waals surface area contributed by atoms with Gasteiger partial charge in [-0.3, -0.25) is 0 Å². The summed E-state index contributed by atoms with van der Waals surface area (Å²) in [6.07, 6.45) is 7.06. The number of hydrogen-bond donors (Lipinski definition) is 0. The number of halogens is 1. The van der Waals surface area contributed by atoms with Gasteiger partial charge >= 0.3 is 6.08 Å². The molecule has 1 aliphatic rings. The average Bonchev–Trinajstić information content (AvgIpc) is 2.57. The highest BCUT2D eigenvalue weighted by atomic mass is 35.5. The largest absolute Gasteiger partial charge is 0.450 e. The predicted octanol–water partition coefficient (Wildman–Crippen LogP) is 2.98. The van der Waals surface area contributed by atoms with E-state index in [1.165, 1.54) is 25.5 Å². The molecule has 0 saturated heterocycles. The van der Waals surface area contributed by atoms with Gasteiger partial charge in [0.25, 0.3) is 0 Å². The molecule has 1 heterocycles. The van der Waals surface area contributed by atoms with E-state index >= 15 is 0 Å². The zero-order chi connectivity index (χ0) is 9.80. The van der Waals surface area contributed by atoms with Crippen molar-refractivity contribution in [1.82, 2.24) is 4.98 Å². The summed E-state index contributed by atoms with van der Waals surface area (Å²) >= 11 is 5.58. The van der Waals surface area contributed by atoms with Crippen LogP contribution < -0.4 is 4.74 Å². The summed E-state index contributed by atoms with van der Waals surface area (Å²) in [6, 6.07) is 0. The fourth-order valence-electron chi connectivity index (χ4n) is 1.51. The van der Waals surface area contributed by atoms with Gasteiger partial charge in [-0.25, -0.2) is 0 Å². The number of oxazole rings is 1. The van der Waals surface area contributed by atoms with Gasteiger partial charge in [-0.2, -0.15) is 4.98 Å². The maximum Gasteiger partial charge on any atom is 0.393 e. The summed E-state index contributed by atoms with van der Waals surface area (Å²) in [7, 11) is 0. The Morgan fingerprint density at radius 1 is 1.57 bits per heavy atom. The number of ether oxygens (including phenoxy) is 1. The number of aromatic nitrogens is 1. The van der Waals surface area contributed by atoms with Crippen LogP contribution in [0.15, 0.2) is 10.7 Å². The Labute approximate surface area is 88.4 Å². The second kappa shape index (κ2) is 4.69. The molecule has 0 spiro atoms. The summed E-state index contributed by atoms with van der Waals surface area (Å²) in [5.74, 6) is 1.23. The highest BCUT2D eigenvalue weighted by molar-refractivity contribution is 6.16. The summed E-state index contributed by atoms with van der Waals surface area (Å²) in [5.41, 5.74) is 0.727. The van der Waals surface area contributed by atoms with Crippen LogP contribution in [0.2, 0.25) is 0 Å². The van der Waals surface area contributed by atoms with Gasteiger partial charge in [0, 0.05) is 0 Å². The first-order chi connectivity index (χ1) is 6.88. The molecular weight excluding hydrogens is 202 g/mol. The summed E-state index contributed by atoms with van der Waals surface area (Å²) in [4.78, 5) is 4.05. The van der Waals surface area contributed by atoms with Gasteiger partial charge in [-0.05, 0) is 12.3 Å². The van der Waals surface area contributed by atoms with Crippen molar-refractivity contribution in [2.75, 3.05) is 6.61 Å². The average molecular weight is 216 g/mol. The van der Waals surface area contributed by atoms with E-state index in [2.05, 4.69) is 4.98 Å². The van der Waals surface area contributed by atoms with Crippen LogP contribution in [0.5, 0.6) is 6.08 Å². The molecule has 0 amide bonds. The van der Waals surface area contributed by atoms with Gasteiger partial charge in [0.05, 0.1) is 18.2 Å². The zero-order valence-electron chi connectivity index (χ0n) is 8.04. The summed E-state index contributed by atoms with van der Waals surface area (Å²) in [5, 5.41) is 0. The second-order valence-electron chi connectivity index (χ2n) is 3.67. The minimum atomic E-state index is 0.347. The van der Waals surface area contributed by atoms with Crippen LogP contribution >= 0.6 is 11.6 Å². The van der Waals surface area contributed by atoms with E-state index < -0.39 is 0 Å². The highest BCUT2D eigenvalue weighted by Crippen LogP contribution is 2.29. The smallest absolute Gasteiger partial charge is 0.393 e. The lowest BCUT2D eigenvalue weighted by Gasteiger charge is -2.24. The van der Waals surface area contributed by atoms with Crippen molar-refractivity contribution in [2.45, 2.75) is 31.6 Å². The molecule has 0 aromatic carbocycles. The fourth-order valence-corrected chi connectivity index (χ4v) is 1.63. The number of nitrogens with zero attached hydrogens (tertiary/aromatic N) is 1. The fraction of sp³-hybridized carbons (Fsp3) is 0.700. The number of rotatable bonds is 5. The van der Waals surface area contributed by atoms with Gasteiger partial charge in [-0.1, -0.05) is 19.3 Å². The van der Waals surface area contributed by atoms with Crippen molar-refractivity contribution in [3.05, 3.63) is 12.0 Å². The minimum absolute atomic E-state index is 0.347. The Bertz CT molecular complexity index is 283. The molecule has 1 aromatic rings. The predicted molar refractivity (Wildman–Crippen MR) is 53.5 cm³/mol. The molecular formula is C10H14ClNO2. The Morgan fingerprint density at radius 2 is 2.43 bits per heavy atom. The van der Waals surface area contributed by atoms with Crippen molar-refractivity contribution in [3.8, 4) is 6.08 Å². The molecule has 78 valence electrons. The van der Waals surface area contributed by atoms with Crippen LogP contribution in [-0.2, 0) is 5.88 Å². The molecule has 0 bridgehead atoms. The van der Waals surface area contributed by atoms with Crippen molar-refractivity contribution in [2.24, 2.45) is 5.92 Å². The first-order valence-electron chi connectivity index (χ1n) is 5.01. The normalized spacial score (nSPS) is 16.6. The summed E-state index contributed by atoms with van der Waals surface area (Å²) < 4.78 is 10.4. The third kappa shape index (κ3) is 2.41. The zero-order valence-corrected chi connectivity index (χ0v) is 8.79. The monoisotopic (exact) mass is 215 g/mol. The van der Waals surface area contributed by atoms with Crippen molar-refractivity contribution >= 4 is 11.6 Å². The van der Waals surface area contributed by atoms with Crippen molar-refractivity contribution in [3.63, 3.8) is 0 Å². The van der Waals surface area contributed by atoms with Gasteiger partial charge in [-0.15, -0.1) is 11.6 Å². The molecule has 0 aliphatic heterocycles. The molecule has 1 aromatic heterocycles. The number of hydrogen-bond acceptors (Lipinski definition) is 3. The van der Waals surface area contributed by atoms with Crippen LogP contribution in [0, 0.1) is 5.92 Å². The van der Waals surface area contributed by atoms with E-state index in [1.54, 1.807) is 0 Å². The van der Waals surface area contributed by atoms with Gasteiger partial charge < -0.3 is 9.15 Å². The molecule has 0 unspecified atom stereocenters. The molecule has 0 N–H and O–H groups in total. The van der Waals surface area contributed by atoms with Crippen molar-refractivity contribution < 1.29 is 9.15 Å². The SMILES string of the molecule is ClCc1coc(OCCC2CCC2)n1. The van der Waals surface area contributed by atoms with Crippen LogP contribution in [0.4, 0.5) is 0 Å². The first-order valence-corrected chi connectivity index (χ1v) is 5.55. The Balaban J connectivity index is 1.68. The standard InChI is InChI=1S/C10H14ClNO2/c11-6-9-7-14-10(12-9)13-5-4-8-2-1-3-8/h7-8H,1-6H2. The van der Waals surface area contributed by atoms with Crippen LogP contribution in [-0.4, -0.2) is 11.6 Å². The lowest BCUT2D eigenvalue weighted by Crippen LogP contribution is -2.14. The van der Waals surface area contributed by atoms with E-state index in [-0.39, 0.29) is 0 Å². The third-order valence-corrected chi connectivity index (χ3v) is 2.92. The van der Waals surface area contributed by atoms with Gasteiger partial charge in [0.1, 0.15) is 6.26 Å². The molecule has 1 saturated carbocycles. The lowest BCUT2D eigenvalue weighted by atomic mass is 9.83. The van der Waals surface area contributed by atoms with Crippen LogP contribution in [0.3, 0.4) is 0 Å². The quantitative estimate of drug-likeness (QED) is 0.709. The molecule has 3 nitrogen and oxygen atoms in total. The van der Waals surface area contributed by atoms with E-state index in [1.807, 2.05) is 0 Å². The van der Waals surface area contributed by atoms with Gasteiger partial charge in [0.15, 0.2) is 0 Å². The molecule has 1 aliphatic carbocycles. The first kappa shape index (κ1) is 9.84. The number of alkyl halides is 1. The van der Waals surface area contributed by atoms with E-state index in [4.69, 9.17) is 20.8 Å². The van der Waals surface area contributed by atoms with Crippen LogP contribution in [0.1, 0.15) is 31.4 Å². The molecule has 14 heavy (non-hydrogen) atoms. The third-order valence-electron chi connectivity index (χ3n) is 2.64. The highest BCUT2D eigenvalue weighted by Gasteiger charge is 2.17. The second-order valence-corrected chi connectivity index (χ2v) is 3.94. The van der Waals surface area contributed by atoms with Crippen molar-refractivity contribution in [1.29, 1.82) is 0 Å². The Hall–Kier alpha value is -0.700. The molecule has 4 heteroatoms. The maximum absolute atomic E-state index is 5.58. The minimum Gasteiger partial charge on any atom is -0.450 e. The molecule has 2 rings (SSSR count). The Morgan fingerprint density at radius 3 is 3.00 bits per heavy atom. The van der Waals surface area contributed by atoms with Crippen LogP contribution in [0.25, 0.3) is 0 Å². The molecule has 1 fully saturated rings. The maximum atomic E-state index is 5.58. The molecule has 0 radical (unpaired) electrons. The van der Waals surface area contributed by atoms with E-state index in [0.29, 0.717) is 18.6 Å². The summed E-state index contributed by atoms with van der Waals surface area (Å²) in [6.45, 7) is 0.701. The van der Waals surface area contributed by atoms with Gasteiger partial charge in [0.2, 0.25) is 0 Å². The van der Waals surface area contributed by atoms with E-state index in [9.17, 15) is 0 Å². The molecule has 0 atom stereocenters.